The molecule has 0 aliphatic heterocycles. The molecule has 0 unspecified atom stereocenters. The first-order valence-corrected chi connectivity index (χ1v) is 8.27. The summed E-state index contributed by atoms with van der Waals surface area (Å²) in [5.41, 5.74) is 7.38. The SMILES string of the molecule is CC/C(=C\c1ccno1)c1cc2c(cc1C)CCCC2(C)C. The van der Waals surface area contributed by atoms with E-state index in [0.717, 1.165) is 12.2 Å². The molecule has 1 aliphatic rings. The Kier molecular flexibility index (Phi) is 3.94. The minimum absolute atomic E-state index is 0.279. The predicted molar refractivity (Wildman–Crippen MR) is 91.8 cm³/mol. The molecule has 0 amide bonds. The first-order valence-electron chi connectivity index (χ1n) is 8.27. The molecule has 0 saturated heterocycles. The molecule has 2 nitrogen and oxygen atoms in total. The first-order chi connectivity index (χ1) is 10.5. The summed E-state index contributed by atoms with van der Waals surface area (Å²) in [4.78, 5) is 0. The number of aromatic nitrogens is 1. The maximum atomic E-state index is 5.25. The van der Waals surface area contributed by atoms with Gasteiger partial charge < -0.3 is 4.52 Å². The molecule has 0 bridgehead atoms. The summed E-state index contributed by atoms with van der Waals surface area (Å²) >= 11 is 0. The average Bonchev–Trinajstić information content (AvgIpc) is 2.97. The Morgan fingerprint density at radius 2 is 2.18 bits per heavy atom. The Hall–Kier alpha value is -1.83. The maximum absolute atomic E-state index is 5.25. The molecule has 2 heteroatoms. The number of benzene rings is 1. The normalized spacial score (nSPS) is 17.4. The Morgan fingerprint density at radius 1 is 1.36 bits per heavy atom. The molecule has 0 N–H and O–H groups in total. The molecule has 3 rings (SSSR count). The minimum Gasteiger partial charge on any atom is -0.357 e. The van der Waals surface area contributed by atoms with Crippen molar-refractivity contribution in [1.82, 2.24) is 5.16 Å². The van der Waals surface area contributed by atoms with E-state index in [9.17, 15) is 0 Å². The van der Waals surface area contributed by atoms with Gasteiger partial charge in [-0.25, -0.2) is 0 Å². The van der Waals surface area contributed by atoms with E-state index in [1.54, 1.807) is 6.20 Å². The lowest BCUT2D eigenvalue weighted by atomic mass is 9.71. The van der Waals surface area contributed by atoms with Crippen molar-refractivity contribution in [2.75, 3.05) is 0 Å². The number of fused-ring (bicyclic) bond motifs is 1. The van der Waals surface area contributed by atoms with Gasteiger partial charge in [0.1, 0.15) is 0 Å². The number of hydrogen-bond acceptors (Lipinski definition) is 2. The third-order valence-electron chi connectivity index (χ3n) is 4.93. The molecule has 1 aromatic carbocycles. The van der Waals surface area contributed by atoms with E-state index in [1.165, 1.54) is 47.1 Å². The second-order valence-corrected chi connectivity index (χ2v) is 7.00. The van der Waals surface area contributed by atoms with Crippen LogP contribution >= 0.6 is 0 Å². The highest BCUT2D eigenvalue weighted by Gasteiger charge is 2.28. The number of nitrogens with zero attached hydrogens (tertiary/aromatic N) is 1. The van der Waals surface area contributed by atoms with E-state index in [2.05, 4.69) is 51.1 Å². The van der Waals surface area contributed by atoms with E-state index in [-0.39, 0.29) is 5.41 Å². The first kappa shape index (κ1) is 15.1. The zero-order valence-electron chi connectivity index (χ0n) is 14.1. The summed E-state index contributed by atoms with van der Waals surface area (Å²) in [7, 11) is 0. The van der Waals surface area contributed by atoms with Gasteiger partial charge in [-0.1, -0.05) is 38.1 Å². The van der Waals surface area contributed by atoms with Crippen LogP contribution in [0.15, 0.2) is 28.9 Å². The van der Waals surface area contributed by atoms with E-state index < -0.39 is 0 Å². The van der Waals surface area contributed by atoms with Crippen molar-refractivity contribution >= 4 is 11.6 Å². The second kappa shape index (κ2) is 5.75. The summed E-state index contributed by atoms with van der Waals surface area (Å²) in [6.07, 6.45) is 8.59. The molecule has 1 aromatic heterocycles. The van der Waals surface area contributed by atoms with Crippen molar-refractivity contribution < 1.29 is 4.52 Å². The van der Waals surface area contributed by atoms with Gasteiger partial charge in [0.25, 0.3) is 0 Å². The van der Waals surface area contributed by atoms with Gasteiger partial charge in [0.15, 0.2) is 5.76 Å². The van der Waals surface area contributed by atoms with E-state index in [1.807, 2.05) is 6.07 Å². The standard InChI is InChI=1S/C20H25NO/c1-5-15(12-17-8-10-21-22-17)18-13-19-16(11-14(18)2)7-6-9-20(19,3)4/h8,10-13H,5-7,9H2,1-4H3/b15-12+. The summed E-state index contributed by atoms with van der Waals surface area (Å²) in [5, 5.41) is 3.80. The zero-order chi connectivity index (χ0) is 15.7. The molecule has 22 heavy (non-hydrogen) atoms. The van der Waals surface area contributed by atoms with Gasteiger partial charge in [0.2, 0.25) is 0 Å². The highest BCUT2D eigenvalue weighted by molar-refractivity contribution is 5.82. The molecule has 0 saturated carbocycles. The molecule has 0 atom stereocenters. The van der Waals surface area contributed by atoms with Crippen molar-refractivity contribution in [1.29, 1.82) is 0 Å². The Morgan fingerprint density at radius 3 is 2.86 bits per heavy atom. The fourth-order valence-corrected chi connectivity index (χ4v) is 3.65. The van der Waals surface area contributed by atoms with Crippen LogP contribution in [0.1, 0.15) is 68.0 Å². The van der Waals surface area contributed by atoms with Crippen molar-refractivity contribution in [2.45, 2.75) is 58.8 Å². The van der Waals surface area contributed by atoms with Crippen LogP contribution in [-0.4, -0.2) is 5.16 Å². The van der Waals surface area contributed by atoms with Crippen LogP contribution in [0.3, 0.4) is 0 Å². The Labute approximate surface area is 133 Å². The van der Waals surface area contributed by atoms with Gasteiger partial charge in [-0.15, -0.1) is 0 Å². The molecule has 0 spiro atoms. The zero-order valence-corrected chi connectivity index (χ0v) is 14.1. The number of hydrogen-bond donors (Lipinski definition) is 0. The van der Waals surface area contributed by atoms with E-state index in [0.29, 0.717) is 0 Å². The van der Waals surface area contributed by atoms with Crippen LogP contribution in [0, 0.1) is 6.92 Å². The van der Waals surface area contributed by atoms with Gasteiger partial charge >= 0.3 is 0 Å². The van der Waals surface area contributed by atoms with E-state index >= 15 is 0 Å². The van der Waals surface area contributed by atoms with Crippen LogP contribution in [0.4, 0.5) is 0 Å². The summed E-state index contributed by atoms with van der Waals surface area (Å²) < 4.78 is 5.25. The summed E-state index contributed by atoms with van der Waals surface area (Å²) in [6, 6.07) is 6.73. The maximum Gasteiger partial charge on any atom is 0.159 e. The summed E-state index contributed by atoms with van der Waals surface area (Å²) in [6.45, 7) is 9.17. The van der Waals surface area contributed by atoms with E-state index in [4.69, 9.17) is 4.52 Å². The average molecular weight is 295 g/mol. The Balaban J connectivity index is 2.11. The van der Waals surface area contributed by atoms with Crippen molar-refractivity contribution in [3.05, 3.63) is 52.4 Å². The van der Waals surface area contributed by atoms with Crippen LogP contribution in [0.25, 0.3) is 11.6 Å². The molecule has 0 fully saturated rings. The third-order valence-corrected chi connectivity index (χ3v) is 4.93. The molecule has 1 aliphatic carbocycles. The molecular formula is C20H25NO. The van der Waals surface area contributed by atoms with Crippen molar-refractivity contribution in [2.24, 2.45) is 0 Å². The summed E-state index contributed by atoms with van der Waals surface area (Å²) in [5.74, 6) is 0.827. The third kappa shape index (κ3) is 2.75. The Bertz CT molecular complexity index is 693. The highest BCUT2D eigenvalue weighted by atomic mass is 16.5. The van der Waals surface area contributed by atoms with Gasteiger partial charge in [0, 0.05) is 6.07 Å². The van der Waals surface area contributed by atoms with Gasteiger partial charge in [-0.3, -0.25) is 0 Å². The molecule has 2 aromatic rings. The highest BCUT2D eigenvalue weighted by Crippen LogP contribution is 2.39. The number of rotatable bonds is 3. The quantitative estimate of drug-likeness (QED) is 0.742. The van der Waals surface area contributed by atoms with Gasteiger partial charge in [-0.05, 0) is 71.9 Å². The molecule has 0 radical (unpaired) electrons. The molecule has 116 valence electrons. The van der Waals surface area contributed by atoms with Crippen molar-refractivity contribution in [3.8, 4) is 0 Å². The topological polar surface area (TPSA) is 26.0 Å². The van der Waals surface area contributed by atoms with Crippen LogP contribution < -0.4 is 0 Å². The smallest absolute Gasteiger partial charge is 0.159 e. The number of aryl methyl sites for hydroxylation is 2. The fourth-order valence-electron chi connectivity index (χ4n) is 3.65. The monoisotopic (exact) mass is 295 g/mol. The van der Waals surface area contributed by atoms with Crippen LogP contribution in [0.2, 0.25) is 0 Å². The molecular weight excluding hydrogens is 270 g/mol. The van der Waals surface area contributed by atoms with Crippen LogP contribution in [-0.2, 0) is 11.8 Å². The lowest BCUT2D eigenvalue weighted by molar-refractivity contribution is 0.413. The lowest BCUT2D eigenvalue weighted by Gasteiger charge is -2.33. The minimum atomic E-state index is 0.279. The predicted octanol–water partition coefficient (Wildman–Crippen LogP) is 5.55. The second-order valence-electron chi connectivity index (χ2n) is 7.00. The largest absolute Gasteiger partial charge is 0.357 e. The van der Waals surface area contributed by atoms with Crippen molar-refractivity contribution in [3.63, 3.8) is 0 Å². The van der Waals surface area contributed by atoms with Gasteiger partial charge in [-0.2, -0.15) is 0 Å². The lowest BCUT2D eigenvalue weighted by Crippen LogP contribution is -2.24. The van der Waals surface area contributed by atoms with Gasteiger partial charge in [0.05, 0.1) is 6.20 Å². The fraction of sp³-hybridized carbons (Fsp3) is 0.450. The van der Waals surface area contributed by atoms with Crippen LogP contribution in [0.5, 0.6) is 0 Å². The number of allylic oxidation sites excluding steroid dienone is 1. The molecule has 1 heterocycles.